The fraction of sp³-hybridized carbons (Fsp3) is 0.296. The van der Waals surface area contributed by atoms with Crippen molar-refractivity contribution in [2.24, 2.45) is 10.1 Å². The molecule has 0 radical (unpaired) electrons. The number of rotatable bonds is 6. The normalized spacial score (nSPS) is 15.4. The summed E-state index contributed by atoms with van der Waals surface area (Å²) in [6.45, 7) is 7.38. The second-order valence-electron chi connectivity index (χ2n) is 9.35. The zero-order valence-corrected chi connectivity index (χ0v) is 21.0. The molecule has 1 aliphatic rings. The molecule has 0 saturated heterocycles. The number of methoxy groups -OCH3 is 1. The summed E-state index contributed by atoms with van der Waals surface area (Å²) in [5.41, 5.74) is 3.57. The van der Waals surface area contributed by atoms with Gasteiger partial charge in [0.05, 0.1) is 31.1 Å². The van der Waals surface area contributed by atoms with Crippen LogP contribution in [0.3, 0.4) is 0 Å². The molecule has 0 aliphatic carbocycles. The molecule has 36 heavy (non-hydrogen) atoms. The summed E-state index contributed by atoms with van der Waals surface area (Å²) in [5.74, 6) is 1.58. The Bertz CT molecular complexity index is 1350. The van der Waals surface area contributed by atoms with Gasteiger partial charge in [-0.3, -0.25) is 14.4 Å². The summed E-state index contributed by atoms with van der Waals surface area (Å²) in [5, 5.41) is 20.3. The van der Waals surface area contributed by atoms with E-state index in [0.29, 0.717) is 23.1 Å². The quantitative estimate of drug-likeness (QED) is 0.234. The van der Waals surface area contributed by atoms with Gasteiger partial charge < -0.3 is 14.7 Å². The number of oxime groups is 1. The Balaban J connectivity index is 1.86. The van der Waals surface area contributed by atoms with Crippen LogP contribution in [-0.2, 0) is 9.53 Å². The highest BCUT2D eigenvalue weighted by Crippen LogP contribution is 2.34. The predicted molar refractivity (Wildman–Crippen MR) is 137 cm³/mol. The van der Waals surface area contributed by atoms with Crippen molar-refractivity contribution in [1.29, 1.82) is 0 Å². The van der Waals surface area contributed by atoms with Crippen molar-refractivity contribution in [2.75, 3.05) is 7.11 Å². The first-order chi connectivity index (χ1) is 17.2. The largest absolute Gasteiger partial charge is 0.497 e. The second-order valence-corrected chi connectivity index (χ2v) is 9.35. The summed E-state index contributed by atoms with van der Waals surface area (Å²) in [4.78, 5) is 17.9. The molecule has 4 rings (SSSR count). The van der Waals surface area contributed by atoms with Crippen molar-refractivity contribution < 1.29 is 19.5 Å². The molecule has 1 N–H and O–H groups in total. The van der Waals surface area contributed by atoms with Crippen LogP contribution in [0.15, 0.2) is 58.7 Å². The number of allylic oxidation sites excluding steroid dienone is 1. The minimum absolute atomic E-state index is 0.0192. The number of hydrogen-bond acceptors (Lipinski definition) is 8. The average molecular weight is 488 g/mol. The van der Waals surface area contributed by atoms with E-state index in [1.807, 2.05) is 80.8 Å². The molecule has 1 aromatic heterocycles. The molecule has 9 nitrogen and oxygen atoms in total. The number of carbonyl (C=O) groups excluding carboxylic acids is 1. The van der Waals surface area contributed by atoms with Crippen molar-refractivity contribution in [1.82, 2.24) is 14.8 Å². The van der Waals surface area contributed by atoms with Crippen LogP contribution in [0, 0.1) is 6.92 Å². The zero-order chi connectivity index (χ0) is 25.9. The van der Waals surface area contributed by atoms with Gasteiger partial charge in [-0.2, -0.15) is 0 Å². The van der Waals surface area contributed by atoms with E-state index in [4.69, 9.17) is 19.7 Å². The van der Waals surface area contributed by atoms with E-state index in [1.165, 1.54) is 6.21 Å². The first kappa shape index (κ1) is 24.8. The summed E-state index contributed by atoms with van der Waals surface area (Å²) in [6.07, 6.45) is 4.78. The number of ether oxygens (including phenoxy) is 2. The number of esters is 1. The van der Waals surface area contributed by atoms with E-state index in [9.17, 15) is 4.79 Å². The minimum atomic E-state index is -0.613. The van der Waals surface area contributed by atoms with E-state index in [2.05, 4.69) is 15.4 Å². The monoisotopic (exact) mass is 487 g/mol. The molecule has 9 heteroatoms. The summed E-state index contributed by atoms with van der Waals surface area (Å²) < 4.78 is 13.0. The highest BCUT2D eigenvalue weighted by Gasteiger charge is 2.31. The number of nitrogens with zero attached hydrogens (tertiary/aromatic N) is 5. The maximum absolute atomic E-state index is 12.8. The van der Waals surface area contributed by atoms with Gasteiger partial charge >= 0.3 is 5.97 Å². The lowest BCUT2D eigenvalue weighted by Crippen LogP contribution is -2.25. The molecule has 0 unspecified atom stereocenters. The van der Waals surface area contributed by atoms with Crippen molar-refractivity contribution in [3.05, 3.63) is 76.9 Å². The Morgan fingerprint density at radius 1 is 1.17 bits per heavy atom. The standard InChI is InChI=1S/C27H29N5O4/c1-17-30-31-26-22(16-24(33)36-27(2,3)4)29-25(19-10-8-18(9-11-19)7-6-14-28-34)21-15-20(35-5)12-13-23(21)32(17)26/h6-15,22,34H,16H2,1-5H3/b7-6+,28-14+/t22-/m0/s1. The van der Waals surface area contributed by atoms with E-state index in [0.717, 1.165) is 22.4 Å². The van der Waals surface area contributed by atoms with Crippen LogP contribution in [0.25, 0.3) is 11.8 Å². The Morgan fingerprint density at radius 3 is 2.58 bits per heavy atom. The molecular weight excluding hydrogens is 458 g/mol. The maximum atomic E-state index is 12.8. The highest BCUT2D eigenvalue weighted by molar-refractivity contribution is 6.15. The Hall–Kier alpha value is -4.27. The lowest BCUT2D eigenvalue weighted by atomic mass is 9.98. The van der Waals surface area contributed by atoms with Crippen molar-refractivity contribution >= 4 is 24.0 Å². The van der Waals surface area contributed by atoms with E-state index in [1.54, 1.807) is 13.2 Å². The first-order valence-corrected chi connectivity index (χ1v) is 11.5. The fourth-order valence-electron chi connectivity index (χ4n) is 4.05. The van der Waals surface area contributed by atoms with Crippen LogP contribution in [-0.4, -0.2) is 50.6 Å². The third kappa shape index (κ3) is 5.35. The number of aliphatic imine (C=N–C) groups is 1. The lowest BCUT2D eigenvalue weighted by Gasteiger charge is -2.20. The van der Waals surface area contributed by atoms with Crippen LogP contribution in [0.2, 0.25) is 0 Å². The Morgan fingerprint density at radius 2 is 1.92 bits per heavy atom. The summed E-state index contributed by atoms with van der Waals surface area (Å²) >= 11 is 0. The third-order valence-corrected chi connectivity index (χ3v) is 5.54. The topological polar surface area (TPSA) is 111 Å². The number of fused-ring (bicyclic) bond motifs is 3. The number of hydrogen-bond donors (Lipinski definition) is 1. The van der Waals surface area contributed by atoms with Crippen LogP contribution >= 0.6 is 0 Å². The van der Waals surface area contributed by atoms with Crippen LogP contribution < -0.4 is 4.74 Å². The van der Waals surface area contributed by atoms with Gasteiger partial charge in [-0.1, -0.05) is 35.5 Å². The zero-order valence-electron chi connectivity index (χ0n) is 21.0. The fourth-order valence-corrected chi connectivity index (χ4v) is 4.05. The first-order valence-electron chi connectivity index (χ1n) is 11.5. The Kier molecular flexibility index (Phi) is 7.00. The lowest BCUT2D eigenvalue weighted by molar-refractivity contribution is -0.155. The predicted octanol–water partition coefficient (Wildman–Crippen LogP) is 4.68. The molecule has 0 spiro atoms. The molecule has 1 atom stereocenters. The van der Waals surface area contributed by atoms with Gasteiger partial charge in [-0.15, -0.1) is 10.2 Å². The third-order valence-electron chi connectivity index (χ3n) is 5.54. The molecule has 3 aromatic rings. The summed E-state index contributed by atoms with van der Waals surface area (Å²) in [7, 11) is 1.62. The van der Waals surface area contributed by atoms with E-state index >= 15 is 0 Å². The molecule has 2 heterocycles. The molecule has 0 amide bonds. The van der Waals surface area contributed by atoms with E-state index in [-0.39, 0.29) is 12.4 Å². The van der Waals surface area contributed by atoms with Crippen molar-refractivity contribution in [2.45, 2.75) is 45.8 Å². The van der Waals surface area contributed by atoms with Crippen molar-refractivity contribution in [3.63, 3.8) is 0 Å². The van der Waals surface area contributed by atoms with Gasteiger partial charge in [-0.25, -0.2) is 0 Å². The Labute approximate surface area is 209 Å². The smallest absolute Gasteiger partial charge is 0.308 e. The molecule has 1 aliphatic heterocycles. The molecule has 0 bridgehead atoms. The highest BCUT2D eigenvalue weighted by atomic mass is 16.6. The number of carbonyl (C=O) groups is 1. The molecule has 0 fully saturated rings. The van der Waals surface area contributed by atoms with Crippen LogP contribution in [0.4, 0.5) is 0 Å². The number of benzene rings is 2. The molecule has 2 aromatic carbocycles. The van der Waals surface area contributed by atoms with Gasteiger partial charge in [0.25, 0.3) is 0 Å². The average Bonchev–Trinajstić information content (AvgIpc) is 3.15. The number of aryl methyl sites for hydroxylation is 1. The SMILES string of the molecule is COc1ccc2c(c1)C(c1ccc(/C=C/C=N/O)cc1)=N[C@@H](CC(=O)OC(C)(C)C)c1nnc(C)n1-2. The molecule has 0 saturated carbocycles. The molecule has 186 valence electrons. The minimum Gasteiger partial charge on any atom is -0.497 e. The summed E-state index contributed by atoms with van der Waals surface area (Å²) in [6, 6.07) is 13.0. The number of aromatic nitrogens is 3. The van der Waals surface area contributed by atoms with Gasteiger partial charge in [0.1, 0.15) is 23.2 Å². The van der Waals surface area contributed by atoms with Crippen LogP contribution in [0.5, 0.6) is 5.75 Å². The van der Waals surface area contributed by atoms with E-state index < -0.39 is 11.6 Å². The second kappa shape index (κ2) is 10.2. The van der Waals surface area contributed by atoms with Gasteiger partial charge in [0, 0.05) is 11.1 Å². The van der Waals surface area contributed by atoms with Gasteiger partial charge in [-0.05, 0) is 57.5 Å². The van der Waals surface area contributed by atoms with Gasteiger partial charge in [0.15, 0.2) is 5.82 Å². The van der Waals surface area contributed by atoms with Crippen molar-refractivity contribution in [3.8, 4) is 11.4 Å². The maximum Gasteiger partial charge on any atom is 0.308 e. The van der Waals surface area contributed by atoms with Crippen LogP contribution in [0.1, 0.15) is 61.6 Å². The van der Waals surface area contributed by atoms with Gasteiger partial charge in [0.2, 0.25) is 0 Å². The molecular formula is C27H29N5O4.